The van der Waals surface area contributed by atoms with E-state index in [0.29, 0.717) is 10.2 Å². The van der Waals surface area contributed by atoms with E-state index in [1.165, 1.54) is 6.07 Å². The summed E-state index contributed by atoms with van der Waals surface area (Å²) in [7, 11) is -3.52. The highest BCUT2D eigenvalue weighted by atomic mass is 79.9. The predicted octanol–water partition coefficient (Wildman–Crippen LogP) is 2.82. The fourth-order valence-corrected chi connectivity index (χ4v) is 6.03. The topological polar surface area (TPSA) is 72.5 Å². The van der Waals surface area contributed by atoms with Gasteiger partial charge in [-0.3, -0.25) is 4.99 Å². The summed E-state index contributed by atoms with van der Waals surface area (Å²) in [6, 6.07) is 1.32. The molecule has 0 spiro atoms. The number of rotatable bonds is 2. The quantitative estimate of drug-likeness (QED) is 0.854. The van der Waals surface area contributed by atoms with Gasteiger partial charge in [0, 0.05) is 0 Å². The van der Waals surface area contributed by atoms with Crippen LogP contribution in [-0.4, -0.2) is 24.8 Å². The average Bonchev–Trinajstić information content (AvgIpc) is 2.65. The van der Waals surface area contributed by atoms with E-state index in [1.54, 1.807) is 20.8 Å². The summed E-state index contributed by atoms with van der Waals surface area (Å²) in [6.07, 6.45) is 0.345. The van der Waals surface area contributed by atoms with E-state index in [-0.39, 0.29) is 16.5 Å². The third kappa shape index (κ3) is 2.21. The first-order valence-electron chi connectivity index (χ1n) is 6.09. The fraction of sp³-hybridized carbons (Fsp3) is 0.583. The molecule has 1 aliphatic heterocycles. The van der Waals surface area contributed by atoms with Crippen LogP contribution in [0, 0.1) is 5.82 Å². The SMILES string of the molecule is CC[C@@]1(C)C(N)=N[C@](C)(c2sc(Br)cc2F)CS1(=O)=O. The van der Waals surface area contributed by atoms with Gasteiger partial charge in [-0.15, -0.1) is 11.3 Å². The Kier molecular flexibility index (Phi) is 3.80. The number of aliphatic imine (C=N–C) groups is 1. The minimum atomic E-state index is -3.52. The van der Waals surface area contributed by atoms with Crippen LogP contribution in [-0.2, 0) is 15.4 Å². The molecular formula is C12H16BrFN2O2S2. The highest BCUT2D eigenvalue weighted by Gasteiger charge is 2.51. The van der Waals surface area contributed by atoms with Crippen molar-refractivity contribution in [2.75, 3.05) is 5.75 Å². The van der Waals surface area contributed by atoms with Gasteiger partial charge in [-0.2, -0.15) is 0 Å². The number of nitrogens with two attached hydrogens (primary N) is 1. The molecule has 0 aromatic carbocycles. The zero-order valence-electron chi connectivity index (χ0n) is 11.4. The van der Waals surface area contributed by atoms with E-state index in [0.717, 1.165) is 11.3 Å². The Labute approximate surface area is 130 Å². The second-order valence-electron chi connectivity index (χ2n) is 5.34. The van der Waals surface area contributed by atoms with E-state index in [2.05, 4.69) is 20.9 Å². The maximum atomic E-state index is 14.0. The number of amidine groups is 1. The minimum absolute atomic E-state index is 0.0534. The summed E-state index contributed by atoms with van der Waals surface area (Å²) in [6.45, 7) is 4.93. The van der Waals surface area contributed by atoms with Crippen LogP contribution >= 0.6 is 27.3 Å². The standard InChI is InChI=1S/C12H16BrFN2O2S2/c1-4-12(3)10(15)16-11(2,6-20(12,17)18)9-7(14)5-8(13)19-9/h5H,4,6H2,1-3H3,(H2,15,16)/t11-,12-/m0/s1. The summed E-state index contributed by atoms with van der Waals surface area (Å²) in [5.41, 5.74) is 4.74. The molecule has 0 amide bonds. The third-order valence-electron chi connectivity index (χ3n) is 3.89. The van der Waals surface area contributed by atoms with Crippen molar-refractivity contribution in [1.29, 1.82) is 0 Å². The van der Waals surface area contributed by atoms with Crippen molar-refractivity contribution < 1.29 is 12.8 Å². The molecule has 1 aromatic rings. The molecule has 1 aliphatic rings. The number of sulfone groups is 1. The molecule has 1 aromatic heterocycles. The number of thiophene rings is 1. The Balaban J connectivity index is 2.65. The molecule has 112 valence electrons. The van der Waals surface area contributed by atoms with Gasteiger partial charge in [0.2, 0.25) is 0 Å². The zero-order valence-corrected chi connectivity index (χ0v) is 14.6. The van der Waals surface area contributed by atoms with Gasteiger partial charge >= 0.3 is 0 Å². The third-order valence-corrected chi connectivity index (χ3v) is 8.57. The Bertz CT molecular complexity index is 686. The molecule has 0 radical (unpaired) electrons. The van der Waals surface area contributed by atoms with E-state index < -0.39 is 25.9 Å². The highest BCUT2D eigenvalue weighted by Crippen LogP contribution is 2.42. The minimum Gasteiger partial charge on any atom is -0.386 e. The summed E-state index contributed by atoms with van der Waals surface area (Å²) in [5, 5.41) is 0. The van der Waals surface area contributed by atoms with Crippen LogP contribution in [0.4, 0.5) is 4.39 Å². The van der Waals surface area contributed by atoms with Crippen LogP contribution in [0.25, 0.3) is 0 Å². The van der Waals surface area contributed by atoms with Crippen LogP contribution in [0.1, 0.15) is 32.1 Å². The summed E-state index contributed by atoms with van der Waals surface area (Å²) >= 11 is 4.35. The smallest absolute Gasteiger partial charge is 0.165 e. The fourth-order valence-electron chi connectivity index (χ4n) is 2.33. The second kappa shape index (κ2) is 4.78. The summed E-state index contributed by atoms with van der Waals surface area (Å²) < 4.78 is 38.5. The number of halogens is 2. The molecular weight excluding hydrogens is 367 g/mol. The molecule has 0 bridgehead atoms. The van der Waals surface area contributed by atoms with Gasteiger partial charge in [0.05, 0.1) is 14.4 Å². The maximum Gasteiger partial charge on any atom is 0.165 e. The maximum absolute atomic E-state index is 14.0. The van der Waals surface area contributed by atoms with Gasteiger partial charge in [-0.05, 0) is 42.3 Å². The van der Waals surface area contributed by atoms with Crippen LogP contribution in [0.3, 0.4) is 0 Å². The normalized spacial score (nSPS) is 33.0. The lowest BCUT2D eigenvalue weighted by atomic mass is 10.0. The first-order valence-corrected chi connectivity index (χ1v) is 9.35. The van der Waals surface area contributed by atoms with Crippen LogP contribution in [0.5, 0.6) is 0 Å². The first-order chi connectivity index (χ1) is 9.06. The molecule has 2 heterocycles. The van der Waals surface area contributed by atoms with Gasteiger partial charge in [0.1, 0.15) is 21.9 Å². The Hall–Kier alpha value is -0.470. The molecule has 0 fully saturated rings. The van der Waals surface area contributed by atoms with Crippen LogP contribution in [0.15, 0.2) is 14.8 Å². The number of nitrogens with zero attached hydrogens (tertiary/aromatic N) is 1. The van der Waals surface area contributed by atoms with Crippen molar-refractivity contribution in [3.63, 3.8) is 0 Å². The first kappa shape index (κ1) is 15.9. The predicted molar refractivity (Wildman–Crippen MR) is 83.4 cm³/mol. The molecule has 4 nitrogen and oxygen atoms in total. The largest absolute Gasteiger partial charge is 0.386 e. The Morgan fingerprint density at radius 2 is 2.15 bits per heavy atom. The van der Waals surface area contributed by atoms with Crippen LogP contribution in [0.2, 0.25) is 0 Å². The molecule has 2 N–H and O–H groups in total. The van der Waals surface area contributed by atoms with Gasteiger partial charge in [-0.1, -0.05) is 6.92 Å². The van der Waals surface area contributed by atoms with Crippen LogP contribution < -0.4 is 5.73 Å². The molecule has 20 heavy (non-hydrogen) atoms. The summed E-state index contributed by atoms with van der Waals surface area (Å²) in [4.78, 5) is 4.63. The van der Waals surface area contributed by atoms with Gasteiger partial charge in [0.15, 0.2) is 9.84 Å². The van der Waals surface area contributed by atoms with E-state index in [9.17, 15) is 12.8 Å². The monoisotopic (exact) mass is 382 g/mol. The van der Waals surface area contributed by atoms with Crippen molar-refractivity contribution in [3.05, 3.63) is 20.5 Å². The number of hydrogen-bond acceptors (Lipinski definition) is 5. The van der Waals surface area contributed by atoms with Crippen molar-refractivity contribution in [2.24, 2.45) is 10.7 Å². The Morgan fingerprint density at radius 1 is 1.55 bits per heavy atom. The zero-order chi connectivity index (χ0) is 15.3. The Morgan fingerprint density at radius 3 is 2.55 bits per heavy atom. The molecule has 0 unspecified atom stereocenters. The molecule has 0 saturated heterocycles. The van der Waals surface area contributed by atoms with E-state index in [1.807, 2.05) is 0 Å². The van der Waals surface area contributed by atoms with Gasteiger partial charge in [0.25, 0.3) is 0 Å². The van der Waals surface area contributed by atoms with Gasteiger partial charge in [-0.25, -0.2) is 12.8 Å². The van der Waals surface area contributed by atoms with Crippen molar-refractivity contribution in [3.8, 4) is 0 Å². The van der Waals surface area contributed by atoms with E-state index in [4.69, 9.17) is 5.73 Å². The lowest BCUT2D eigenvalue weighted by Gasteiger charge is -2.38. The summed E-state index contributed by atoms with van der Waals surface area (Å²) in [5.74, 6) is -0.650. The van der Waals surface area contributed by atoms with Crippen molar-refractivity contribution >= 4 is 42.9 Å². The van der Waals surface area contributed by atoms with Crippen molar-refractivity contribution in [2.45, 2.75) is 37.5 Å². The highest BCUT2D eigenvalue weighted by molar-refractivity contribution is 9.11. The number of hydrogen-bond donors (Lipinski definition) is 1. The molecule has 2 atom stereocenters. The lowest BCUT2D eigenvalue weighted by Crippen LogP contribution is -2.56. The molecule has 8 heteroatoms. The second-order valence-corrected chi connectivity index (χ2v) is 10.2. The lowest BCUT2D eigenvalue weighted by molar-refractivity contribution is 0.479. The van der Waals surface area contributed by atoms with Gasteiger partial charge < -0.3 is 5.73 Å². The average molecular weight is 383 g/mol. The molecule has 0 aliphatic carbocycles. The van der Waals surface area contributed by atoms with E-state index >= 15 is 0 Å². The molecule has 2 rings (SSSR count). The van der Waals surface area contributed by atoms with Crippen molar-refractivity contribution in [1.82, 2.24) is 0 Å². The molecule has 0 saturated carbocycles.